The number of carbonyl (C=O) groups is 1. The van der Waals surface area contributed by atoms with Gasteiger partial charge in [0.15, 0.2) is 0 Å². The predicted molar refractivity (Wildman–Crippen MR) is 107 cm³/mol. The first-order valence-corrected chi connectivity index (χ1v) is 10.9. The average molecular weight is 370 g/mol. The first-order chi connectivity index (χ1) is 12.5. The molecule has 0 saturated carbocycles. The summed E-state index contributed by atoms with van der Waals surface area (Å²) in [6.07, 6.45) is 6.12. The van der Waals surface area contributed by atoms with Crippen LogP contribution in [0.2, 0.25) is 0 Å². The SMILES string of the molecule is Cc1ccc(CCC2CCN(C(=O)c3ccc(S(C)=O)cc3)CC2)cc1. The zero-order chi connectivity index (χ0) is 18.5. The zero-order valence-electron chi connectivity index (χ0n) is 15.6. The van der Waals surface area contributed by atoms with Crippen molar-refractivity contribution in [3.8, 4) is 0 Å². The van der Waals surface area contributed by atoms with Crippen molar-refractivity contribution in [2.24, 2.45) is 5.92 Å². The van der Waals surface area contributed by atoms with E-state index in [-0.39, 0.29) is 5.91 Å². The van der Waals surface area contributed by atoms with E-state index in [2.05, 4.69) is 31.2 Å². The molecular weight excluding hydrogens is 342 g/mol. The number of benzene rings is 2. The standard InChI is InChI=1S/C22H27NO2S/c1-17-3-5-18(6-4-17)7-8-19-13-15-23(16-14-19)22(24)20-9-11-21(12-10-20)26(2)25/h3-6,9-12,19H,7-8,13-16H2,1-2H3. The second-order valence-electron chi connectivity index (χ2n) is 7.24. The molecule has 1 aliphatic heterocycles. The summed E-state index contributed by atoms with van der Waals surface area (Å²) in [5.41, 5.74) is 3.40. The van der Waals surface area contributed by atoms with Crippen LogP contribution in [0.15, 0.2) is 53.4 Å². The minimum atomic E-state index is -1.00. The highest BCUT2D eigenvalue weighted by molar-refractivity contribution is 7.84. The van der Waals surface area contributed by atoms with Crippen LogP contribution in [0.25, 0.3) is 0 Å². The number of amides is 1. The van der Waals surface area contributed by atoms with Crippen molar-refractivity contribution in [3.63, 3.8) is 0 Å². The second kappa shape index (κ2) is 8.63. The number of likely N-dealkylation sites (tertiary alicyclic amines) is 1. The molecule has 3 nitrogen and oxygen atoms in total. The van der Waals surface area contributed by atoms with Gasteiger partial charge in [0.1, 0.15) is 0 Å². The number of hydrogen-bond acceptors (Lipinski definition) is 2. The molecule has 1 aliphatic rings. The van der Waals surface area contributed by atoms with E-state index < -0.39 is 10.8 Å². The van der Waals surface area contributed by atoms with Gasteiger partial charge < -0.3 is 4.90 Å². The summed E-state index contributed by atoms with van der Waals surface area (Å²) in [5.74, 6) is 0.792. The fourth-order valence-corrected chi connectivity index (χ4v) is 4.04. The Morgan fingerprint density at radius 2 is 1.65 bits per heavy atom. The van der Waals surface area contributed by atoms with Crippen molar-refractivity contribution < 1.29 is 9.00 Å². The lowest BCUT2D eigenvalue weighted by Gasteiger charge is -2.32. The number of piperidine rings is 1. The maximum atomic E-state index is 12.6. The zero-order valence-corrected chi connectivity index (χ0v) is 16.4. The predicted octanol–water partition coefficient (Wildman–Crippen LogP) is 4.22. The number of rotatable bonds is 5. The highest BCUT2D eigenvalue weighted by Gasteiger charge is 2.23. The lowest BCUT2D eigenvalue weighted by molar-refractivity contribution is 0.0687. The molecule has 138 valence electrons. The van der Waals surface area contributed by atoms with Gasteiger partial charge in [-0.3, -0.25) is 9.00 Å². The maximum absolute atomic E-state index is 12.6. The highest BCUT2D eigenvalue weighted by atomic mass is 32.2. The molecule has 0 N–H and O–H groups in total. The van der Waals surface area contributed by atoms with Gasteiger partial charge in [-0.2, -0.15) is 0 Å². The Hall–Kier alpha value is -1.94. The molecule has 1 atom stereocenters. The van der Waals surface area contributed by atoms with Crippen LogP contribution < -0.4 is 0 Å². The molecular formula is C22H27NO2S. The molecule has 3 rings (SSSR count). The molecule has 0 spiro atoms. The summed E-state index contributed by atoms with van der Waals surface area (Å²) in [6.45, 7) is 3.78. The fourth-order valence-electron chi connectivity index (χ4n) is 3.52. The molecule has 1 amide bonds. The quantitative estimate of drug-likeness (QED) is 0.791. The number of hydrogen-bond donors (Lipinski definition) is 0. The molecule has 0 aliphatic carbocycles. The van der Waals surface area contributed by atoms with Crippen molar-refractivity contribution in [3.05, 3.63) is 65.2 Å². The van der Waals surface area contributed by atoms with E-state index in [1.54, 1.807) is 30.5 Å². The summed E-state index contributed by atoms with van der Waals surface area (Å²) in [4.78, 5) is 15.4. The second-order valence-corrected chi connectivity index (χ2v) is 8.62. The van der Waals surface area contributed by atoms with Crippen molar-refractivity contribution in [1.29, 1.82) is 0 Å². The van der Waals surface area contributed by atoms with Crippen LogP contribution >= 0.6 is 0 Å². The van der Waals surface area contributed by atoms with Crippen LogP contribution in [0.5, 0.6) is 0 Å². The van der Waals surface area contributed by atoms with E-state index >= 15 is 0 Å². The average Bonchev–Trinajstić information content (AvgIpc) is 2.67. The van der Waals surface area contributed by atoms with E-state index in [0.717, 1.165) is 37.2 Å². The van der Waals surface area contributed by atoms with Gasteiger partial charge in [-0.1, -0.05) is 29.8 Å². The molecule has 1 unspecified atom stereocenters. The van der Waals surface area contributed by atoms with E-state index in [1.807, 2.05) is 4.90 Å². The molecule has 0 aromatic heterocycles. The Balaban J connectivity index is 1.49. The van der Waals surface area contributed by atoms with Gasteiger partial charge in [0.25, 0.3) is 5.91 Å². The largest absolute Gasteiger partial charge is 0.339 e. The fraction of sp³-hybridized carbons (Fsp3) is 0.409. The number of aryl methyl sites for hydroxylation is 2. The van der Waals surface area contributed by atoms with Crippen LogP contribution in [0.1, 0.15) is 40.7 Å². The van der Waals surface area contributed by atoms with Gasteiger partial charge >= 0.3 is 0 Å². The van der Waals surface area contributed by atoms with Gasteiger partial charge in [-0.15, -0.1) is 0 Å². The lowest BCUT2D eigenvalue weighted by atomic mass is 9.90. The van der Waals surface area contributed by atoms with E-state index in [9.17, 15) is 9.00 Å². The molecule has 0 bridgehead atoms. The summed E-state index contributed by atoms with van der Waals surface area (Å²) in [6, 6.07) is 16.0. The smallest absolute Gasteiger partial charge is 0.253 e. The van der Waals surface area contributed by atoms with Crippen molar-refractivity contribution in [1.82, 2.24) is 4.90 Å². The Morgan fingerprint density at radius 3 is 2.23 bits per heavy atom. The van der Waals surface area contributed by atoms with Crippen LogP contribution in [-0.2, 0) is 17.2 Å². The summed E-state index contributed by atoms with van der Waals surface area (Å²) >= 11 is 0. The Bertz CT molecular complexity index is 760. The summed E-state index contributed by atoms with van der Waals surface area (Å²) < 4.78 is 11.5. The number of carbonyl (C=O) groups excluding carboxylic acids is 1. The minimum Gasteiger partial charge on any atom is -0.339 e. The third-order valence-corrected chi connectivity index (χ3v) is 6.23. The van der Waals surface area contributed by atoms with Crippen molar-refractivity contribution >= 4 is 16.7 Å². The maximum Gasteiger partial charge on any atom is 0.253 e. The monoisotopic (exact) mass is 369 g/mol. The van der Waals surface area contributed by atoms with E-state index in [1.165, 1.54) is 17.5 Å². The molecule has 0 radical (unpaired) electrons. The Morgan fingerprint density at radius 1 is 1.04 bits per heavy atom. The molecule has 2 aromatic rings. The molecule has 2 aromatic carbocycles. The third-order valence-electron chi connectivity index (χ3n) is 5.30. The number of nitrogens with zero attached hydrogens (tertiary/aromatic N) is 1. The van der Waals surface area contributed by atoms with Crippen LogP contribution in [-0.4, -0.2) is 34.4 Å². The van der Waals surface area contributed by atoms with Crippen LogP contribution in [0.3, 0.4) is 0 Å². The summed E-state index contributed by atoms with van der Waals surface area (Å²) in [7, 11) is -1.00. The highest BCUT2D eigenvalue weighted by Crippen LogP contribution is 2.24. The van der Waals surface area contributed by atoms with Crippen LogP contribution in [0.4, 0.5) is 0 Å². The molecule has 1 saturated heterocycles. The van der Waals surface area contributed by atoms with Gasteiger partial charge in [0.2, 0.25) is 0 Å². The summed E-state index contributed by atoms with van der Waals surface area (Å²) in [5, 5.41) is 0. The topological polar surface area (TPSA) is 37.4 Å². The van der Waals surface area contributed by atoms with Crippen LogP contribution in [0, 0.1) is 12.8 Å². The first kappa shape index (κ1) is 18.8. The van der Waals surface area contributed by atoms with Gasteiger partial charge in [-0.25, -0.2) is 0 Å². The molecule has 4 heteroatoms. The van der Waals surface area contributed by atoms with Gasteiger partial charge in [-0.05, 0) is 68.4 Å². The minimum absolute atomic E-state index is 0.0930. The lowest BCUT2D eigenvalue weighted by Crippen LogP contribution is -2.38. The molecule has 26 heavy (non-hydrogen) atoms. The van der Waals surface area contributed by atoms with Crippen molar-refractivity contribution in [2.45, 2.75) is 37.5 Å². The molecule has 1 fully saturated rings. The van der Waals surface area contributed by atoms with E-state index in [0.29, 0.717) is 11.5 Å². The van der Waals surface area contributed by atoms with Gasteiger partial charge in [0.05, 0.1) is 0 Å². The third kappa shape index (κ3) is 4.82. The van der Waals surface area contributed by atoms with Gasteiger partial charge in [0, 0.05) is 40.6 Å². The Labute approximate surface area is 158 Å². The van der Waals surface area contributed by atoms with Crippen molar-refractivity contribution in [2.75, 3.05) is 19.3 Å². The first-order valence-electron chi connectivity index (χ1n) is 9.31. The molecule has 1 heterocycles. The Kier molecular flexibility index (Phi) is 6.25. The normalized spacial score (nSPS) is 16.5. The van der Waals surface area contributed by atoms with E-state index in [4.69, 9.17) is 0 Å².